The number of nitrogens with one attached hydrogen (secondary N) is 1. The summed E-state index contributed by atoms with van der Waals surface area (Å²) < 4.78 is 19.7. The van der Waals surface area contributed by atoms with E-state index in [1.54, 1.807) is 29.2 Å². The third kappa shape index (κ3) is 3.99. The van der Waals surface area contributed by atoms with Gasteiger partial charge in [0.15, 0.2) is 0 Å². The Morgan fingerprint density at radius 2 is 2.08 bits per heavy atom. The molecule has 1 amide bonds. The minimum absolute atomic E-state index is 0.0477. The van der Waals surface area contributed by atoms with E-state index in [9.17, 15) is 9.18 Å². The molecule has 0 atom stereocenters. The molecule has 5 heteroatoms. The normalized spacial score (nSPS) is 13.8. The Morgan fingerprint density at radius 3 is 2.84 bits per heavy atom. The van der Waals surface area contributed by atoms with Crippen LogP contribution in [-0.4, -0.2) is 30.0 Å². The molecule has 0 bridgehead atoms. The van der Waals surface area contributed by atoms with Crippen molar-refractivity contribution in [1.82, 2.24) is 10.2 Å². The maximum absolute atomic E-state index is 14.0. The standard InChI is InChI=1S/C20H23FN2O2/c1-14(2)23(13-17-5-3-4-6-18(17)21)20(24)15-7-8-16-12-22-9-10-25-19(16)11-15/h3-8,11,14,22H,9-10,12-13H2,1-2H3. The molecule has 0 radical (unpaired) electrons. The summed E-state index contributed by atoms with van der Waals surface area (Å²) in [7, 11) is 0. The number of hydrogen-bond donors (Lipinski definition) is 1. The van der Waals surface area contributed by atoms with E-state index in [-0.39, 0.29) is 24.3 Å². The zero-order chi connectivity index (χ0) is 17.8. The molecule has 0 fully saturated rings. The average molecular weight is 342 g/mol. The second-order valence-corrected chi connectivity index (χ2v) is 6.47. The maximum Gasteiger partial charge on any atom is 0.254 e. The van der Waals surface area contributed by atoms with Gasteiger partial charge in [0.05, 0.1) is 0 Å². The van der Waals surface area contributed by atoms with E-state index in [1.165, 1.54) is 6.07 Å². The number of benzene rings is 2. The molecule has 25 heavy (non-hydrogen) atoms. The number of ether oxygens (including phenoxy) is 1. The molecule has 2 aromatic rings. The SMILES string of the molecule is CC(C)N(Cc1ccccc1F)C(=O)c1ccc2c(c1)OCCNC2. The summed E-state index contributed by atoms with van der Waals surface area (Å²) in [5.41, 5.74) is 2.12. The summed E-state index contributed by atoms with van der Waals surface area (Å²) in [5, 5.41) is 3.27. The Kier molecular flexibility index (Phi) is 5.34. The van der Waals surface area contributed by atoms with Crippen molar-refractivity contribution >= 4 is 5.91 Å². The van der Waals surface area contributed by atoms with Crippen molar-refractivity contribution in [3.05, 3.63) is 65.0 Å². The quantitative estimate of drug-likeness (QED) is 0.926. The van der Waals surface area contributed by atoms with E-state index in [0.29, 0.717) is 17.7 Å². The maximum atomic E-state index is 14.0. The minimum atomic E-state index is -0.294. The van der Waals surface area contributed by atoms with Crippen molar-refractivity contribution < 1.29 is 13.9 Å². The second-order valence-electron chi connectivity index (χ2n) is 6.47. The molecule has 4 nitrogen and oxygen atoms in total. The lowest BCUT2D eigenvalue weighted by Crippen LogP contribution is -2.36. The highest BCUT2D eigenvalue weighted by atomic mass is 19.1. The van der Waals surface area contributed by atoms with Gasteiger partial charge in [-0.3, -0.25) is 4.79 Å². The van der Waals surface area contributed by atoms with E-state index >= 15 is 0 Å². The number of carbonyl (C=O) groups is 1. The zero-order valence-corrected chi connectivity index (χ0v) is 14.6. The molecule has 1 N–H and O–H groups in total. The molecule has 132 valence electrons. The molecule has 3 rings (SSSR count). The van der Waals surface area contributed by atoms with Crippen molar-refractivity contribution in [2.45, 2.75) is 33.0 Å². The van der Waals surface area contributed by atoms with E-state index in [2.05, 4.69) is 5.32 Å². The van der Waals surface area contributed by atoms with Crippen LogP contribution in [0.3, 0.4) is 0 Å². The number of carbonyl (C=O) groups excluding carboxylic acids is 1. The summed E-state index contributed by atoms with van der Waals surface area (Å²) in [4.78, 5) is 14.7. The number of fused-ring (bicyclic) bond motifs is 1. The van der Waals surface area contributed by atoms with Gasteiger partial charge in [0, 0.05) is 42.4 Å². The van der Waals surface area contributed by atoms with E-state index in [4.69, 9.17) is 4.74 Å². The molecule has 0 saturated carbocycles. The summed E-state index contributed by atoms with van der Waals surface area (Å²) in [6.07, 6.45) is 0. The van der Waals surface area contributed by atoms with Crippen molar-refractivity contribution in [2.24, 2.45) is 0 Å². The topological polar surface area (TPSA) is 41.6 Å². The zero-order valence-electron chi connectivity index (χ0n) is 14.6. The Hall–Kier alpha value is -2.40. The van der Waals surface area contributed by atoms with Crippen LogP contribution >= 0.6 is 0 Å². The molecule has 0 unspecified atom stereocenters. The van der Waals surface area contributed by atoms with Gasteiger partial charge >= 0.3 is 0 Å². The summed E-state index contributed by atoms with van der Waals surface area (Å²) in [6.45, 7) is 6.19. The van der Waals surface area contributed by atoms with Gasteiger partial charge in [-0.25, -0.2) is 4.39 Å². The summed E-state index contributed by atoms with van der Waals surface area (Å²) in [6, 6.07) is 12.0. The Morgan fingerprint density at radius 1 is 1.28 bits per heavy atom. The van der Waals surface area contributed by atoms with E-state index in [0.717, 1.165) is 24.4 Å². The smallest absolute Gasteiger partial charge is 0.254 e. The van der Waals surface area contributed by atoms with Crippen LogP contribution in [0.25, 0.3) is 0 Å². The van der Waals surface area contributed by atoms with Gasteiger partial charge < -0.3 is 15.0 Å². The van der Waals surface area contributed by atoms with Gasteiger partial charge in [-0.05, 0) is 32.0 Å². The van der Waals surface area contributed by atoms with Gasteiger partial charge in [0.2, 0.25) is 0 Å². The van der Waals surface area contributed by atoms with E-state index < -0.39 is 0 Å². The van der Waals surface area contributed by atoms with Crippen molar-refractivity contribution in [1.29, 1.82) is 0 Å². The van der Waals surface area contributed by atoms with E-state index in [1.807, 2.05) is 26.0 Å². The molecule has 2 aromatic carbocycles. The Balaban J connectivity index is 1.86. The predicted octanol–water partition coefficient (Wildman–Crippen LogP) is 3.36. The lowest BCUT2D eigenvalue weighted by atomic mass is 10.1. The first-order valence-corrected chi connectivity index (χ1v) is 8.57. The van der Waals surface area contributed by atoms with Crippen molar-refractivity contribution in [3.63, 3.8) is 0 Å². The van der Waals surface area contributed by atoms with Crippen LogP contribution in [0.5, 0.6) is 5.75 Å². The van der Waals surface area contributed by atoms with Gasteiger partial charge in [-0.15, -0.1) is 0 Å². The Bertz CT molecular complexity index is 761. The molecule has 0 saturated heterocycles. The number of hydrogen-bond acceptors (Lipinski definition) is 3. The molecular weight excluding hydrogens is 319 g/mol. The fourth-order valence-electron chi connectivity index (χ4n) is 2.89. The van der Waals surface area contributed by atoms with Gasteiger partial charge in [-0.2, -0.15) is 0 Å². The van der Waals surface area contributed by atoms with Crippen molar-refractivity contribution in [2.75, 3.05) is 13.2 Å². The minimum Gasteiger partial charge on any atom is -0.492 e. The molecule has 0 aliphatic carbocycles. The van der Waals surface area contributed by atoms with Crippen LogP contribution < -0.4 is 10.1 Å². The first-order chi connectivity index (χ1) is 12.1. The fraction of sp³-hybridized carbons (Fsp3) is 0.350. The summed E-state index contributed by atoms with van der Waals surface area (Å²) in [5.74, 6) is 0.324. The first kappa shape index (κ1) is 17.4. The third-order valence-corrected chi connectivity index (χ3v) is 4.35. The van der Waals surface area contributed by atoms with Gasteiger partial charge in [0.25, 0.3) is 5.91 Å². The predicted molar refractivity (Wildman–Crippen MR) is 95.1 cm³/mol. The van der Waals surface area contributed by atoms with Gasteiger partial charge in [-0.1, -0.05) is 24.3 Å². The highest BCUT2D eigenvalue weighted by molar-refractivity contribution is 5.95. The number of rotatable bonds is 4. The lowest BCUT2D eigenvalue weighted by Gasteiger charge is -2.27. The fourth-order valence-corrected chi connectivity index (χ4v) is 2.89. The lowest BCUT2D eigenvalue weighted by molar-refractivity contribution is 0.0688. The molecular formula is C20H23FN2O2. The third-order valence-electron chi connectivity index (χ3n) is 4.35. The van der Waals surface area contributed by atoms with Crippen LogP contribution in [0.4, 0.5) is 4.39 Å². The number of amides is 1. The average Bonchev–Trinajstić information content (AvgIpc) is 2.85. The number of halogens is 1. The number of nitrogens with zero attached hydrogens (tertiary/aromatic N) is 1. The Labute approximate surface area is 147 Å². The summed E-state index contributed by atoms with van der Waals surface area (Å²) >= 11 is 0. The molecule has 1 aliphatic heterocycles. The van der Waals surface area contributed by atoms with Crippen LogP contribution in [0, 0.1) is 5.82 Å². The molecule has 0 spiro atoms. The largest absolute Gasteiger partial charge is 0.492 e. The van der Waals surface area contributed by atoms with Crippen molar-refractivity contribution in [3.8, 4) is 5.75 Å². The molecule has 1 aliphatic rings. The van der Waals surface area contributed by atoms with Gasteiger partial charge in [0.1, 0.15) is 18.2 Å². The van der Waals surface area contributed by atoms with Crippen LogP contribution in [0.2, 0.25) is 0 Å². The first-order valence-electron chi connectivity index (χ1n) is 8.57. The highest BCUT2D eigenvalue weighted by Gasteiger charge is 2.22. The molecule has 0 aromatic heterocycles. The van der Waals surface area contributed by atoms with Crippen LogP contribution in [0.15, 0.2) is 42.5 Å². The van der Waals surface area contributed by atoms with Crippen LogP contribution in [0.1, 0.15) is 35.3 Å². The highest BCUT2D eigenvalue weighted by Crippen LogP contribution is 2.24. The van der Waals surface area contributed by atoms with Crippen LogP contribution in [-0.2, 0) is 13.1 Å². The monoisotopic (exact) mass is 342 g/mol. The second kappa shape index (κ2) is 7.66. The molecule has 1 heterocycles.